The summed E-state index contributed by atoms with van der Waals surface area (Å²) in [7, 11) is 3.49. The number of rotatable bonds is 2. The third kappa shape index (κ3) is 2.48. The summed E-state index contributed by atoms with van der Waals surface area (Å²) in [5, 5.41) is 0. The maximum atomic E-state index is 3.49. The van der Waals surface area contributed by atoms with Gasteiger partial charge in [-0.05, 0) is 12.1 Å². The molecule has 0 aromatic rings. The Morgan fingerprint density at radius 1 is 1.00 bits per heavy atom. The zero-order valence-electron chi connectivity index (χ0n) is 6.10. The summed E-state index contributed by atoms with van der Waals surface area (Å²) in [4.78, 5) is 0. The predicted octanol–water partition coefficient (Wildman–Crippen LogP) is 1.19. The van der Waals surface area contributed by atoms with E-state index < -0.39 is 0 Å². The van der Waals surface area contributed by atoms with Crippen molar-refractivity contribution in [2.24, 2.45) is 0 Å². The molecule has 0 heterocycles. The number of nitrogens with zero attached hydrogens (tertiary/aromatic N) is 1. The Hall–Kier alpha value is 0.177. The quantitative estimate of drug-likeness (QED) is 0.505. The summed E-state index contributed by atoms with van der Waals surface area (Å²) in [6.45, 7) is 8.64. The fourth-order valence-corrected chi connectivity index (χ4v) is 0.596. The average molecular weight is 128 g/mol. The summed E-state index contributed by atoms with van der Waals surface area (Å²) >= 11 is 0. The van der Waals surface area contributed by atoms with E-state index in [9.17, 15) is 0 Å². The molecule has 0 saturated heterocycles. The predicted molar refractivity (Wildman–Crippen MR) is 37.9 cm³/mol. The van der Waals surface area contributed by atoms with Gasteiger partial charge in [0, 0.05) is 0 Å². The van der Waals surface area contributed by atoms with Crippen LogP contribution in [-0.4, -0.2) is 27.1 Å². The van der Waals surface area contributed by atoms with Gasteiger partial charge in [0.25, 0.3) is 0 Å². The van der Waals surface area contributed by atoms with Gasteiger partial charge in [0.05, 0.1) is 0 Å². The molecular formula is C6H14NSi. The van der Waals surface area contributed by atoms with Gasteiger partial charge in [-0.2, -0.15) is 0 Å². The molecule has 0 aliphatic rings. The molecule has 0 amide bonds. The minimum atomic E-state index is 0.590. The van der Waals surface area contributed by atoms with Crippen molar-refractivity contribution in [2.75, 3.05) is 0 Å². The van der Waals surface area contributed by atoms with Crippen LogP contribution in [0, 0.1) is 0 Å². The van der Waals surface area contributed by atoms with Crippen molar-refractivity contribution in [3.63, 3.8) is 0 Å². The van der Waals surface area contributed by atoms with E-state index in [2.05, 4.69) is 42.7 Å². The smallest absolute Gasteiger partial charge is 0.144 e. The third-order valence-electron chi connectivity index (χ3n) is 1.11. The molecule has 0 atom stereocenters. The standard InChI is InChI=1S/C6H14NSi/c1-5(2)7(8)6(3)4/h5-6H,1-4H3. The van der Waals surface area contributed by atoms with Crippen molar-refractivity contribution >= 4 is 10.4 Å². The molecule has 0 aromatic heterocycles. The van der Waals surface area contributed by atoms with Crippen molar-refractivity contribution in [3.05, 3.63) is 0 Å². The van der Waals surface area contributed by atoms with Crippen LogP contribution in [0.4, 0.5) is 0 Å². The fourth-order valence-electron chi connectivity index (χ4n) is 0.596. The molecule has 0 fully saturated rings. The van der Waals surface area contributed by atoms with E-state index >= 15 is 0 Å². The molecule has 47 valence electrons. The fraction of sp³-hybridized carbons (Fsp3) is 1.00. The van der Waals surface area contributed by atoms with Crippen LogP contribution in [0.1, 0.15) is 27.7 Å². The minimum Gasteiger partial charge on any atom is -0.322 e. The number of hydrogen-bond donors (Lipinski definition) is 0. The van der Waals surface area contributed by atoms with Crippen molar-refractivity contribution in [1.82, 2.24) is 4.57 Å². The molecule has 0 bridgehead atoms. The van der Waals surface area contributed by atoms with Crippen molar-refractivity contribution < 1.29 is 0 Å². The molecular weight excluding hydrogens is 114 g/mol. The van der Waals surface area contributed by atoms with Gasteiger partial charge >= 0.3 is 0 Å². The van der Waals surface area contributed by atoms with Crippen LogP contribution in [0.2, 0.25) is 0 Å². The highest BCUT2D eigenvalue weighted by Gasteiger charge is 2.05. The normalized spacial score (nSPS) is 12.0. The lowest BCUT2D eigenvalue weighted by Crippen LogP contribution is -2.34. The van der Waals surface area contributed by atoms with E-state index in [0.29, 0.717) is 12.1 Å². The van der Waals surface area contributed by atoms with E-state index in [1.807, 2.05) is 0 Å². The van der Waals surface area contributed by atoms with Gasteiger partial charge in [0.15, 0.2) is 0 Å². The van der Waals surface area contributed by atoms with Crippen molar-refractivity contribution in [3.8, 4) is 0 Å². The zero-order valence-corrected chi connectivity index (χ0v) is 7.10. The van der Waals surface area contributed by atoms with Gasteiger partial charge in [0.1, 0.15) is 10.4 Å². The molecule has 0 saturated carbocycles. The largest absolute Gasteiger partial charge is 0.322 e. The molecule has 8 heavy (non-hydrogen) atoms. The van der Waals surface area contributed by atoms with Gasteiger partial charge in [-0.1, -0.05) is 27.7 Å². The SMILES string of the molecule is CC(C)N([Si])C(C)C. The van der Waals surface area contributed by atoms with Crippen LogP contribution in [-0.2, 0) is 0 Å². The van der Waals surface area contributed by atoms with Crippen LogP contribution in [0.3, 0.4) is 0 Å². The summed E-state index contributed by atoms with van der Waals surface area (Å²) in [6.07, 6.45) is 0. The molecule has 0 unspecified atom stereocenters. The van der Waals surface area contributed by atoms with Gasteiger partial charge < -0.3 is 4.57 Å². The van der Waals surface area contributed by atoms with E-state index in [0.717, 1.165) is 0 Å². The van der Waals surface area contributed by atoms with Crippen LogP contribution in [0.5, 0.6) is 0 Å². The Bertz CT molecular complexity index is 53.5. The van der Waals surface area contributed by atoms with Crippen LogP contribution >= 0.6 is 0 Å². The monoisotopic (exact) mass is 128 g/mol. The summed E-state index contributed by atoms with van der Waals surface area (Å²) in [6, 6.07) is 1.18. The topological polar surface area (TPSA) is 3.24 Å². The highest BCUT2D eigenvalue weighted by atomic mass is 28.2. The van der Waals surface area contributed by atoms with E-state index in [-0.39, 0.29) is 0 Å². The highest BCUT2D eigenvalue weighted by molar-refractivity contribution is 6.04. The zero-order chi connectivity index (χ0) is 6.73. The van der Waals surface area contributed by atoms with Crippen molar-refractivity contribution in [2.45, 2.75) is 39.8 Å². The highest BCUT2D eigenvalue weighted by Crippen LogP contribution is 1.97. The first-order chi connectivity index (χ1) is 3.55. The lowest BCUT2D eigenvalue weighted by molar-refractivity contribution is 0.320. The van der Waals surface area contributed by atoms with E-state index in [1.54, 1.807) is 0 Å². The van der Waals surface area contributed by atoms with Gasteiger partial charge in [-0.3, -0.25) is 0 Å². The molecule has 0 N–H and O–H groups in total. The second-order valence-electron chi connectivity index (χ2n) is 2.59. The molecule has 3 radical (unpaired) electrons. The maximum absolute atomic E-state index is 3.49. The van der Waals surface area contributed by atoms with Crippen LogP contribution < -0.4 is 0 Å². The Morgan fingerprint density at radius 2 is 1.25 bits per heavy atom. The van der Waals surface area contributed by atoms with Gasteiger partial charge in [-0.25, -0.2) is 0 Å². The van der Waals surface area contributed by atoms with Crippen molar-refractivity contribution in [1.29, 1.82) is 0 Å². The first kappa shape index (κ1) is 8.18. The molecule has 2 heteroatoms. The first-order valence-electron chi connectivity index (χ1n) is 3.05. The Balaban J connectivity index is 3.46. The van der Waals surface area contributed by atoms with Gasteiger partial charge in [-0.15, -0.1) is 0 Å². The summed E-state index contributed by atoms with van der Waals surface area (Å²) in [5.41, 5.74) is 0. The molecule has 0 aliphatic heterocycles. The molecule has 0 aliphatic carbocycles. The molecule has 0 rings (SSSR count). The van der Waals surface area contributed by atoms with Gasteiger partial charge in [0.2, 0.25) is 0 Å². The maximum Gasteiger partial charge on any atom is 0.144 e. The van der Waals surface area contributed by atoms with Crippen LogP contribution in [0.15, 0.2) is 0 Å². The van der Waals surface area contributed by atoms with Crippen LogP contribution in [0.25, 0.3) is 0 Å². The lowest BCUT2D eigenvalue weighted by atomic mass is 10.3. The molecule has 0 spiro atoms. The Morgan fingerprint density at radius 3 is 1.25 bits per heavy atom. The molecule has 0 aromatic carbocycles. The summed E-state index contributed by atoms with van der Waals surface area (Å²) < 4.78 is 2.14. The second kappa shape index (κ2) is 3.25. The van der Waals surface area contributed by atoms with E-state index in [4.69, 9.17) is 0 Å². The molecule has 1 nitrogen and oxygen atoms in total. The first-order valence-corrected chi connectivity index (χ1v) is 3.50. The minimum absolute atomic E-state index is 0.590. The second-order valence-corrected chi connectivity index (χ2v) is 3.11. The third-order valence-corrected chi connectivity index (χ3v) is 2.15. The lowest BCUT2D eigenvalue weighted by Gasteiger charge is -2.24. The Kier molecular flexibility index (Phi) is 3.32. The average Bonchev–Trinajstić information content (AvgIpc) is 1.64. The Labute approximate surface area is 55.6 Å². The summed E-state index contributed by atoms with van der Waals surface area (Å²) in [5.74, 6) is 0. The van der Waals surface area contributed by atoms with E-state index in [1.165, 1.54) is 0 Å². The number of hydrogen-bond acceptors (Lipinski definition) is 1.